The lowest BCUT2D eigenvalue weighted by atomic mass is 9.74. The molecule has 1 aliphatic carbocycles. The summed E-state index contributed by atoms with van der Waals surface area (Å²) in [4.78, 5) is 44.6. The van der Waals surface area contributed by atoms with Gasteiger partial charge in [-0.1, -0.05) is 60.7 Å². The van der Waals surface area contributed by atoms with Gasteiger partial charge in [-0.25, -0.2) is 0 Å². The summed E-state index contributed by atoms with van der Waals surface area (Å²) >= 11 is 0. The third-order valence-electron chi connectivity index (χ3n) is 8.05. The molecule has 0 radical (unpaired) electrons. The average molecular weight is 408 g/mol. The van der Waals surface area contributed by atoms with Gasteiger partial charge in [0, 0.05) is 25.2 Å². The van der Waals surface area contributed by atoms with Crippen LogP contribution in [0.25, 0.3) is 10.8 Å². The summed E-state index contributed by atoms with van der Waals surface area (Å²) in [5, 5.41) is 1.94. The van der Waals surface area contributed by atoms with E-state index in [-0.39, 0.29) is 23.6 Å². The van der Waals surface area contributed by atoms with E-state index in [0.29, 0.717) is 12.1 Å². The van der Waals surface area contributed by atoms with Crippen molar-refractivity contribution in [1.29, 1.82) is 0 Å². The minimum Gasteiger partial charge on any atom is -0.292 e. The predicted octanol–water partition coefficient (Wildman–Crippen LogP) is 3.08. The van der Waals surface area contributed by atoms with Crippen LogP contribution in [-0.4, -0.2) is 41.0 Å². The van der Waals surface area contributed by atoms with E-state index in [1.54, 1.807) is 7.05 Å². The van der Waals surface area contributed by atoms with Crippen LogP contribution in [0.4, 0.5) is 0 Å². The van der Waals surface area contributed by atoms with Crippen LogP contribution in [-0.2, 0) is 21.5 Å². The SMILES string of the molecule is CN1C(=O)[C@H]2[C@@H](C1=O)[C@]1(C(=O)c3cccc4cccc1c34)N1CCc3ccccc3[C@@H]21. The standard InChI is InChI=1S/C26H20N2O3/c1-27-24(30)20-21(25(27)31)26(28-13-12-14-6-2-3-9-16(14)22(20)28)18-11-5-8-15-7-4-10-17(19(15)18)23(26)29/h2-11,20-22H,12-13H2,1H3/t20-,21-,22-,26+/m0/s1. The largest absolute Gasteiger partial charge is 0.292 e. The molecule has 3 heterocycles. The number of hydrogen-bond acceptors (Lipinski definition) is 4. The molecule has 31 heavy (non-hydrogen) atoms. The molecule has 4 atom stereocenters. The van der Waals surface area contributed by atoms with Gasteiger partial charge in [0.05, 0.1) is 11.8 Å². The molecule has 3 aliphatic heterocycles. The fraction of sp³-hybridized carbons (Fsp3) is 0.269. The Balaban J connectivity index is 1.59. The Bertz CT molecular complexity index is 1360. The van der Waals surface area contributed by atoms with Crippen molar-refractivity contribution in [3.63, 3.8) is 0 Å². The van der Waals surface area contributed by atoms with Crippen LogP contribution in [0.3, 0.4) is 0 Å². The number of amides is 2. The van der Waals surface area contributed by atoms with Crippen molar-refractivity contribution in [2.45, 2.75) is 18.0 Å². The number of carbonyl (C=O) groups excluding carboxylic acids is 3. The van der Waals surface area contributed by atoms with E-state index in [2.05, 4.69) is 17.0 Å². The number of hydrogen-bond donors (Lipinski definition) is 0. The molecule has 152 valence electrons. The number of imide groups is 1. The van der Waals surface area contributed by atoms with Crippen molar-refractivity contribution in [2.24, 2.45) is 11.8 Å². The number of Topliss-reactive ketones (excluding diaryl/α,β-unsaturated/α-hetero) is 1. The molecule has 0 saturated carbocycles. The van der Waals surface area contributed by atoms with E-state index in [4.69, 9.17) is 0 Å². The number of fused-ring (bicyclic) bond motifs is 8. The van der Waals surface area contributed by atoms with E-state index >= 15 is 0 Å². The molecular weight excluding hydrogens is 388 g/mol. The van der Waals surface area contributed by atoms with Crippen molar-refractivity contribution < 1.29 is 14.4 Å². The molecule has 2 saturated heterocycles. The van der Waals surface area contributed by atoms with Gasteiger partial charge in [-0.05, 0) is 33.9 Å². The minimum absolute atomic E-state index is 0.0346. The Morgan fingerprint density at radius 2 is 1.68 bits per heavy atom. The molecule has 7 rings (SSSR count). The van der Waals surface area contributed by atoms with Gasteiger partial charge in [0.25, 0.3) is 0 Å². The third-order valence-corrected chi connectivity index (χ3v) is 8.05. The number of carbonyl (C=O) groups is 3. The van der Waals surface area contributed by atoms with Crippen LogP contribution >= 0.6 is 0 Å². The first kappa shape index (κ1) is 17.4. The number of nitrogens with zero attached hydrogens (tertiary/aromatic N) is 2. The van der Waals surface area contributed by atoms with E-state index in [1.807, 2.05) is 48.5 Å². The lowest BCUT2D eigenvalue weighted by Gasteiger charge is -2.43. The molecule has 0 aromatic heterocycles. The van der Waals surface area contributed by atoms with E-state index < -0.39 is 17.4 Å². The van der Waals surface area contributed by atoms with Gasteiger partial charge < -0.3 is 0 Å². The van der Waals surface area contributed by atoms with Gasteiger partial charge in [-0.2, -0.15) is 0 Å². The molecule has 1 spiro atoms. The van der Waals surface area contributed by atoms with Crippen LogP contribution in [0.5, 0.6) is 0 Å². The van der Waals surface area contributed by atoms with Crippen LogP contribution < -0.4 is 0 Å². The summed E-state index contributed by atoms with van der Waals surface area (Å²) in [6.45, 7) is 0.648. The van der Waals surface area contributed by atoms with Crippen molar-refractivity contribution >= 4 is 28.4 Å². The molecule has 2 fully saturated rings. The van der Waals surface area contributed by atoms with Gasteiger partial charge >= 0.3 is 0 Å². The van der Waals surface area contributed by atoms with Crippen molar-refractivity contribution in [2.75, 3.05) is 13.6 Å². The first-order valence-electron chi connectivity index (χ1n) is 10.8. The Kier molecular flexibility index (Phi) is 3.07. The van der Waals surface area contributed by atoms with Crippen LogP contribution in [0.1, 0.15) is 33.1 Å². The fourth-order valence-corrected chi connectivity index (χ4v) is 6.92. The topological polar surface area (TPSA) is 57.7 Å². The number of likely N-dealkylation sites (tertiary alicyclic amines) is 1. The monoisotopic (exact) mass is 408 g/mol. The molecule has 5 heteroatoms. The molecule has 3 aromatic carbocycles. The summed E-state index contributed by atoms with van der Waals surface area (Å²) in [5.74, 6) is -1.69. The van der Waals surface area contributed by atoms with Crippen molar-refractivity contribution in [1.82, 2.24) is 9.80 Å². The zero-order chi connectivity index (χ0) is 21.1. The van der Waals surface area contributed by atoms with Crippen LogP contribution in [0, 0.1) is 11.8 Å². The molecule has 3 aromatic rings. The number of rotatable bonds is 0. The Hall–Kier alpha value is -3.31. The first-order valence-corrected chi connectivity index (χ1v) is 10.8. The average Bonchev–Trinajstić information content (AvgIpc) is 3.34. The summed E-state index contributed by atoms with van der Waals surface area (Å²) in [6, 6.07) is 19.6. The maximum absolute atomic E-state index is 14.2. The lowest BCUT2D eigenvalue weighted by molar-refractivity contribution is -0.140. The summed E-state index contributed by atoms with van der Waals surface area (Å²) in [7, 11) is 1.56. The second-order valence-electron chi connectivity index (χ2n) is 9.13. The predicted molar refractivity (Wildman–Crippen MR) is 114 cm³/mol. The Morgan fingerprint density at radius 3 is 2.52 bits per heavy atom. The summed E-state index contributed by atoms with van der Waals surface area (Å²) < 4.78 is 0. The summed E-state index contributed by atoms with van der Waals surface area (Å²) in [6.07, 6.45) is 0.797. The van der Waals surface area contributed by atoms with Crippen molar-refractivity contribution in [3.8, 4) is 0 Å². The lowest BCUT2D eigenvalue weighted by Crippen LogP contribution is -2.54. The highest BCUT2D eigenvalue weighted by molar-refractivity contribution is 6.23. The highest BCUT2D eigenvalue weighted by Crippen LogP contribution is 2.64. The zero-order valence-corrected chi connectivity index (χ0v) is 17.0. The minimum atomic E-state index is -1.12. The highest BCUT2D eigenvalue weighted by atomic mass is 16.2. The van der Waals surface area contributed by atoms with Gasteiger partial charge in [-0.3, -0.25) is 24.2 Å². The van der Waals surface area contributed by atoms with Gasteiger partial charge in [0.15, 0.2) is 5.78 Å². The highest BCUT2D eigenvalue weighted by Gasteiger charge is 2.73. The second kappa shape index (κ2) is 5.48. The Morgan fingerprint density at radius 1 is 0.903 bits per heavy atom. The molecule has 0 N–H and O–H groups in total. The first-order chi connectivity index (χ1) is 15.1. The summed E-state index contributed by atoms with van der Waals surface area (Å²) in [5.41, 5.74) is 2.72. The maximum Gasteiger partial charge on any atom is 0.235 e. The quantitative estimate of drug-likeness (QED) is 0.537. The fourth-order valence-electron chi connectivity index (χ4n) is 6.92. The molecule has 0 bridgehead atoms. The smallest absolute Gasteiger partial charge is 0.235 e. The Labute approximate surface area is 179 Å². The second-order valence-corrected chi connectivity index (χ2v) is 9.13. The zero-order valence-electron chi connectivity index (χ0n) is 17.0. The number of ketones is 1. The van der Waals surface area contributed by atoms with Crippen LogP contribution in [0.2, 0.25) is 0 Å². The van der Waals surface area contributed by atoms with Crippen LogP contribution in [0.15, 0.2) is 60.7 Å². The molecule has 2 amide bonds. The molecular formula is C26H20N2O3. The van der Waals surface area contributed by atoms with Crippen molar-refractivity contribution in [3.05, 3.63) is 82.9 Å². The van der Waals surface area contributed by atoms with Gasteiger partial charge in [-0.15, -0.1) is 0 Å². The van der Waals surface area contributed by atoms with Gasteiger partial charge in [0.2, 0.25) is 11.8 Å². The number of benzene rings is 3. The van der Waals surface area contributed by atoms with E-state index in [0.717, 1.165) is 28.3 Å². The molecule has 0 unspecified atom stereocenters. The maximum atomic E-state index is 14.2. The molecule has 5 nitrogen and oxygen atoms in total. The normalized spacial score (nSPS) is 30.9. The van der Waals surface area contributed by atoms with Gasteiger partial charge in [0.1, 0.15) is 5.54 Å². The third kappa shape index (κ3) is 1.74. The molecule has 4 aliphatic rings. The van der Waals surface area contributed by atoms with E-state index in [9.17, 15) is 14.4 Å². The van der Waals surface area contributed by atoms with E-state index in [1.165, 1.54) is 10.5 Å².